The summed E-state index contributed by atoms with van der Waals surface area (Å²) in [5, 5.41) is 7.36. The number of hydrogen-bond acceptors (Lipinski definition) is 0. The summed E-state index contributed by atoms with van der Waals surface area (Å²) < 4.78 is 0. The fourth-order valence-corrected chi connectivity index (χ4v) is 9.80. The monoisotopic (exact) mass is 721 g/mol. The van der Waals surface area contributed by atoms with E-state index in [9.17, 15) is 0 Å². The molecule has 1 radical (unpaired) electrons. The number of benzene rings is 2. The molecule has 0 bridgehead atoms. The van der Waals surface area contributed by atoms with Crippen LogP contribution in [-0.4, -0.2) is 8.07 Å². The number of hydrogen-bond donors (Lipinski definition) is 0. The third-order valence-corrected chi connectivity index (χ3v) is 13.4. The summed E-state index contributed by atoms with van der Waals surface area (Å²) >= 11 is 0. The van der Waals surface area contributed by atoms with Crippen LogP contribution < -0.4 is 35.3 Å². The SMILES string of the molecule is CC(C)=c1c2c(c(C3=CC([Si](C)(C)C)=CC3)c3c1=c1cc4c(cc1=[C-]3)C(C)(C)CCC4(C)C)C(C)(C)CCC2(C)C.[Cl-].[Cl-].[Zr+3]. The third-order valence-electron chi connectivity index (χ3n) is 11.3. The molecule has 0 nitrogen and oxygen atoms in total. The second-order valence-electron chi connectivity index (χ2n) is 17.6. The molecule has 0 atom stereocenters. The maximum absolute atomic E-state index is 4.14. The van der Waals surface area contributed by atoms with Gasteiger partial charge < -0.3 is 24.8 Å². The van der Waals surface area contributed by atoms with Crippen LogP contribution in [0.3, 0.4) is 0 Å². The zero-order valence-electron chi connectivity index (χ0n) is 29.6. The Morgan fingerprint density at radius 3 is 1.73 bits per heavy atom. The van der Waals surface area contributed by atoms with E-state index in [4.69, 9.17) is 0 Å². The van der Waals surface area contributed by atoms with E-state index < -0.39 is 8.07 Å². The van der Waals surface area contributed by atoms with Crippen LogP contribution in [0.1, 0.15) is 135 Å². The quantitative estimate of drug-likeness (QED) is 0.281. The number of allylic oxidation sites excluding steroid dienone is 4. The van der Waals surface area contributed by atoms with Crippen molar-refractivity contribution in [3.05, 3.63) is 83.7 Å². The Balaban J connectivity index is 0.00000176. The first-order valence-electron chi connectivity index (χ1n) is 16.2. The largest absolute Gasteiger partial charge is 3.00 e. The molecule has 0 saturated carbocycles. The number of halogens is 2. The molecule has 4 aliphatic rings. The smallest absolute Gasteiger partial charge is 1.00 e. The van der Waals surface area contributed by atoms with Crippen molar-refractivity contribution in [1.29, 1.82) is 0 Å². The minimum absolute atomic E-state index is 0. The van der Waals surface area contributed by atoms with E-state index in [1.807, 2.05) is 0 Å². The maximum atomic E-state index is 4.14. The molecule has 4 aliphatic carbocycles. The zero-order valence-corrected chi connectivity index (χ0v) is 34.6. The summed E-state index contributed by atoms with van der Waals surface area (Å²) in [7, 11) is -1.41. The summed E-state index contributed by atoms with van der Waals surface area (Å²) in [6.07, 6.45) is 15.3. The molecular formula is C40H53Cl2SiZr. The minimum Gasteiger partial charge on any atom is -1.00 e. The second kappa shape index (κ2) is 11.8. The molecule has 0 saturated heterocycles. The van der Waals surface area contributed by atoms with Crippen molar-refractivity contribution in [3.63, 3.8) is 0 Å². The first-order chi connectivity index (χ1) is 18.8. The molecule has 0 N–H and O–H groups in total. The van der Waals surface area contributed by atoms with E-state index in [-0.39, 0.29) is 72.7 Å². The van der Waals surface area contributed by atoms with E-state index in [0.29, 0.717) is 0 Å². The standard InChI is InChI=1S/C40H53Si.2ClH.Zr/c1-24(2)32-34-28-23-31-30(37(3,4)16-17-38(31,5)6)22-26(28)21-29(34)33(25-14-15-27(20-25)41(11,12)13)36-35(32)39(7,8)18-19-40(36,9)10;;;/h15,20,22-23H,14,16-19H2,1-13H3;2*1H;/q-1;;;+3/p-2. The molecule has 4 heteroatoms. The van der Waals surface area contributed by atoms with Gasteiger partial charge in [0.15, 0.2) is 0 Å². The summed E-state index contributed by atoms with van der Waals surface area (Å²) in [6.45, 7) is 32.1. The zero-order chi connectivity index (χ0) is 30.1. The van der Waals surface area contributed by atoms with Gasteiger partial charge in [-0.3, -0.25) is 0 Å². The average Bonchev–Trinajstić information content (AvgIpc) is 3.48. The van der Waals surface area contributed by atoms with E-state index in [1.165, 1.54) is 68.8 Å². The van der Waals surface area contributed by atoms with Crippen LogP contribution >= 0.6 is 0 Å². The van der Waals surface area contributed by atoms with Crippen LogP contribution in [0.2, 0.25) is 19.6 Å². The molecular weight excluding hydrogens is 671 g/mol. The second-order valence-corrected chi connectivity index (χ2v) is 22.7. The third kappa shape index (κ3) is 5.73. The van der Waals surface area contributed by atoms with Gasteiger partial charge in [-0.25, -0.2) is 0 Å². The van der Waals surface area contributed by atoms with Crippen molar-refractivity contribution < 1.29 is 51.0 Å². The normalized spacial score (nSPS) is 21.0. The first-order valence-corrected chi connectivity index (χ1v) is 19.7. The van der Waals surface area contributed by atoms with Crippen LogP contribution in [0.15, 0.2) is 29.5 Å². The topological polar surface area (TPSA) is 0 Å². The van der Waals surface area contributed by atoms with Gasteiger partial charge in [-0.05, 0) is 73.2 Å². The van der Waals surface area contributed by atoms with E-state index in [2.05, 4.69) is 119 Å². The predicted octanol–water partition coefficient (Wildman–Crippen LogP) is 3.48. The molecule has 0 aliphatic heterocycles. The Kier molecular flexibility index (Phi) is 10.1. The Morgan fingerprint density at radius 2 is 1.23 bits per heavy atom. The van der Waals surface area contributed by atoms with Crippen molar-refractivity contribution in [2.45, 2.75) is 143 Å². The van der Waals surface area contributed by atoms with Crippen molar-refractivity contribution in [1.82, 2.24) is 0 Å². The molecule has 0 unspecified atom stereocenters. The van der Waals surface area contributed by atoms with Crippen molar-refractivity contribution in [2.24, 2.45) is 0 Å². The maximum Gasteiger partial charge on any atom is 3.00 e. The molecule has 0 aromatic heterocycles. The average molecular weight is 724 g/mol. The molecule has 6 rings (SSSR count). The van der Waals surface area contributed by atoms with Crippen molar-refractivity contribution in [3.8, 4) is 0 Å². The molecule has 0 heterocycles. The summed E-state index contributed by atoms with van der Waals surface area (Å²) in [5.74, 6) is 0. The Labute approximate surface area is 300 Å². The van der Waals surface area contributed by atoms with Crippen LogP contribution in [0.5, 0.6) is 0 Å². The number of fused-ring (bicyclic) bond motifs is 4. The van der Waals surface area contributed by atoms with Crippen LogP contribution in [-0.2, 0) is 47.9 Å². The molecule has 44 heavy (non-hydrogen) atoms. The molecule has 0 fully saturated rings. The van der Waals surface area contributed by atoms with Gasteiger partial charge in [0.25, 0.3) is 0 Å². The first kappa shape index (κ1) is 37.8. The Hall–Kier alpha value is -0.660. The van der Waals surface area contributed by atoms with Crippen LogP contribution in [0, 0.1) is 10.4 Å². The number of rotatable bonds is 2. The summed E-state index contributed by atoms with van der Waals surface area (Å²) in [6, 6.07) is 5.16. The Morgan fingerprint density at radius 1 is 0.727 bits per heavy atom. The summed E-state index contributed by atoms with van der Waals surface area (Å²) in [5.41, 5.74) is 12.9. The minimum atomic E-state index is -1.41. The molecule has 0 amide bonds. The van der Waals surface area contributed by atoms with E-state index in [1.54, 1.807) is 27.5 Å². The van der Waals surface area contributed by atoms with Crippen molar-refractivity contribution >= 4 is 25.3 Å². The van der Waals surface area contributed by atoms with E-state index in [0.717, 1.165) is 6.42 Å². The van der Waals surface area contributed by atoms with E-state index >= 15 is 0 Å². The van der Waals surface area contributed by atoms with Crippen molar-refractivity contribution in [2.75, 3.05) is 0 Å². The Bertz CT molecular complexity index is 1810. The van der Waals surface area contributed by atoms with Crippen LogP contribution in [0.25, 0.3) is 17.2 Å². The molecule has 2 aromatic carbocycles. The van der Waals surface area contributed by atoms with Gasteiger partial charge in [-0.2, -0.15) is 0 Å². The van der Waals surface area contributed by atoms with Gasteiger partial charge in [-0.15, -0.1) is 33.4 Å². The molecule has 0 spiro atoms. The fourth-order valence-electron chi connectivity index (χ4n) is 8.48. The van der Waals surface area contributed by atoms with Gasteiger partial charge in [0.2, 0.25) is 0 Å². The summed E-state index contributed by atoms with van der Waals surface area (Å²) in [4.78, 5) is 0. The molecule has 235 valence electrons. The fraction of sp³-hybridized carbons (Fsp3) is 0.550. The molecule has 2 aromatic rings. The van der Waals surface area contributed by atoms with Crippen LogP contribution in [0.4, 0.5) is 0 Å². The predicted molar refractivity (Wildman–Crippen MR) is 182 cm³/mol. The van der Waals surface area contributed by atoms with Gasteiger partial charge >= 0.3 is 26.2 Å². The van der Waals surface area contributed by atoms with Gasteiger partial charge in [0.05, 0.1) is 8.07 Å². The van der Waals surface area contributed by atoms with Gasteiger partial charge in [0, 0.05) is 0 Å². The van der Waals surface area contributed by atoms with Gasteiger partial charge in [-0.1, -0.05) is 137 Å². The van der Waals surface area contributed by atoms with Gasteiger partial charge in [0.1, 0.15) is 0 Å².